The van der Waals surface area contributed by atoms with Crippen LogP contribution in [0, 0.1) is 18.2 Å². The van der Waals surface area contributed by atoms with Crippen LogP contribution < -0.4 is 9.47 Å². The number of hydrogen-bond acceptors (Lipinski definition) is 5. The number of pyridine rings is 3. The van der Waals surface area contributed by atoms with E-state index in [-0.39, 0.29) is 20.1 Å². The second-order valence-corrected chi connectivity index (χ2v) is 9.18. The van der Waals surface area contributed by atoms with Crippen molar-refractivity contribution in [2.45, 2.75) is 12.8 Å². The van der Waals surface area contributed by atoms with E-state index in [1.807, 2.05) is 127 Å². The van der Waals surface area contributed by atoms with Crippen molar-refractivity contribution in [3.8, 4) is 34.3 Å². The molecule has 5 nitrogen and oxygen atoms in total. The van der Waals surface area contributed by atoms with Crippen molar-refractivity contribution in [2.75, 3.05) is 13.2 Å². The molecule has 0 N–H and O–H groups in total. The van der Waals surface area contributed by atoms with E-state index in [1.165, 1.54) is 0 Å². The summed E-state index contributed by atoms with van der Waals surface area (Å²) >= 11 is 0. The van der Waals surface area contributed by atoms with Gasteiger partial charge in [-0.25, -0.2) is 0 Å². The number of benzene rings is 3. The molecule has 0 saturated heterocycles. The van der Waals surface area contributed by atoms with Crippen LogP contribution >= 0.6 is 0 Å². The van der Waals surface area contributed by atoms with Crippen molar-refractivity contribution < 1.29 is 29.6 Å². The van der Waals surface area contributed by atoms with Gasteiger partial charge in [0.15, 0.2) is 0 Å². The number of aromatic nitrogens is 3. The molecule has 0 amide bonds. The fraction of sp³-hybridized carbons (Fsp3) is 0.108. The zero-order chi connectivity index (χ0) is 28.7. The summed E-state index contributed by atoms with van der Waals surface area (Å²) in [7, 11) is 0. The molecular formula is C37H30IrN3O2. The normalized spacial score (nSPS) is 10.0. The Morgan fingerprint density at radius 1 is 0.512 bits per heavy atom. The Hall–Kier alpha value is -4.64. The molecule has 6 aromatic rings. The van der Waals surface area contributed by atoms with E-state index < -0.39 is 0 Å². The number of hydrogen-bond donors (Lipinski definition) is 0. The Morgan fingerprint density at radius 3 is 1.58 bits per heavy atom. The molecule has 0 aliphatic heterocycles. The molecule has 0 aliphatic rings. The summed E-state index contributed by atoms with van der Waals surface area (Å²) in [6, 6.07) is 50.5. The predicted molar refractivity (Wildman–Crippen MR) is 165 cm³/mol. The minimum absolute atomic E-state index is 0. The van der Waals surface area contributed by atoms with Gasteiger partial charge in [-0.1, -0.05) is 30.3 Å². The van der Waals surface area contributed by atoms with E-state index in [4.69, 9.17) is 9.47 Å². The first kappa shape index (κ1) is 31.3. The van der Waals surface area contributed by atoms with Crippen LogP contribution in [0.15, 0.2) is 134 Å². The van der Waals surface area contributed by atoms with Crippen molar-refractivity contribution in [3.63, 3.8) is 0 Å². The molecule has 43 heavy (non-hydrogen) atoms. The number of ether oxygens (including phenoxy) is 2. The third kappa shape index (κ3) is 10.3. The fourth-order valence-electron chi connectivity index (χ4n) is 4.05. The van der Waals surface area contributed by atoms with Gasteiger partial charge in [0.1, 0.15) is 0 Å². The Bertz CT molecular complexity index is 1500. The van der Waals surface area contributed by atoms with E-state index in [2.05, 4.69) is 33.2 Å². The summed E-state index contributed by atoms with van der Waals surface area (Å²) in [5.41, 5.74) is 5.84. The molecule has 0 aliphatic carbocycles. The molecule has 6 heteroatoms. The molecule has 3 aromatic heterocycles. The van der Waals surface area contributed by atoms with Crippen molar-refractivity contribution in [1.29, 1.82) is 0 Å². The first-order valence-corrected chi connectivity index (χ1v) is 13.8. The molecular weight excluding hydrogens is 711 g/mol. The maximum Gasteiger partial charge on any atom is 3.00 e. The van der Waals surface area contributed by atoms with E-state index in [1.54, 1.807) is 6.20 Å². The van der Waals surface area contributed by atoms with Crippen LogP contribution in [0.25, 0.3) is 22.5 Å². The average Bonchev–Trinajstić information content (AvgIpc) is 3.07. The molecule has 0 radical (unpaired) electrons. The maximum atomic E-state index is 5.73. The van der Waals surface area contributed by atoms with Crippen LogP contribution in [0.5, 0.6) is 11.8 Å². The summed E-state index contributed by atoms with van der Waals surface area (Å²) in [5.74, 6) is 1.27. The van der Waals surface area contributed by atoms with E-state index in [0.29, 0.717) is 25.0 Å². The van der Waals surface area contributed by atoms with E-state index >= 15 is 0 Å². The Kier molecular flexibility index (Phi) is 12.6. The van der Waals surface area contributed by atoms with Gasteiger partial charge in [0.05, 0.1) is 13.2 Å². The Balaban J connectivity index is 0.000000192. The first-order chi connectivity index (χ1) is 20.8. The van der Waals surface area contributed by atoms with Gasteiger partial charge in [-0.05, 0) is 42.1 Å². The van der Waals surface area contributed by atoms with Gasteiger partial charge in [-0.15, -0.1) is 71.8 Å². The third-order valence-corrected chi connectivity index (χ3v) is 6.15. The van der Waals surface area contributed by atoms with Crippen LogP contribution in [0.2, 0.25) is 0 Å². The predicted octanol–water partition coefficient (Wildman–Crippen LogP) is 7.53. The minimum atomic E-state index is 0. The van der Waals surface area contributed by atoms with E-state index in [9.17, 15) is 0 Å². The Labute approximate surface area is 267 Å². The van der Waals surface area contributed by atoms with E-state index in [0.717, 1.165) is 46.6 Å². The summed E-state index contributed by atoms with van der Waals surface area (Å²) in [6.07, 6.45) is 3.38. The average molecular weight is 741 g/mol. The quantitative estimate of drug-likeness (QED) is 0.136. The minimum Gasteiger partial charge on any atom is -0.478 e. The summed E-state index contributed by atoms with van der Waals surface area (Å²) in [5, 5.41) is 0. The first-order valence-electron chi connectivity index (χ1n) is 13.8. The molecule has 3 heterocycles. The van der Waals surface area contributed by atoms with Crippen LogP contribution in [0.4, 0.5) is 0 Å². The number of rotatable bonds is 10. The van der Waals surface area contributed by atoms with Gasteiger partial charge in [-0.2, -0.15) is 35.9 Å². The topological polar surface area (TPSA) is 57.1 Å². The van der Waals surface area contributed by atoms with Crippen molar-refractivity contribution >= 4 is 0 Å². The molecule has 0 unspecified atom stereocenters. The van der Waals surface area contributed by atoms with Crippen LogP contribution in [-0.2, 0) is 32.9 Å². The second kappa shape index (κ2) is 17.3. The Morgan fingerprint density at radius 2 is 1.07 bits per heavy atom. The van der Waals surface area contributed by atoms with Crippen molar-refractivity contribution in [3.05, 3.63) is 163 Å². The summed E-state index contributed by atoms with van der Waals surface area (Å²) in [4.78, 5) is 13.3. The largest absolute Gasteiger partial charge is 3.00 e. The number of nitrogens with zero attached hydrogens (tertiary/aromatic N) is 3. The fourth-order valence-corrected chi connectivity index (χ4v) is 4.05. The van der Waals surface area contributed by atoms with Gasteiger partial charge in [0.25, 0.3) is 0 Å². The van der Waals surface area contributed by atoms with Crippen molar-refractivity contribution in [1.82, 2.24) is 15.0 Å². The van der Waals surface area contributed by atoms with Gasteiger partial charge in [0.2, 0.25) is 11.8 Å². The van der Waals surface area contributed by atoms with Gasteiger partial charge < -0.3 is 9.47 Å². The molecule has 3 aromatic carbocycles. The molecule has 0 saturated carbocycles. The SMILES string of the molecule is [Ir+3].[c-]1ccccc1-c1cccc(OCCc2ccccn2)n1.[c-]1ccccc1CCOc1cccc(-c2[c-]cccc2)n1. The second-order valence-electron chi connectivity index (χ2n) is 9.18. The monoisotopic (exact) mass is 741 g/mol. The van der Waals surface area contributed by atoms with Crippen molar-refractivity contribution in [2.24, 2.45) is 0 Å². The van der Waals surface area contributed by atoms with Gasteiger partial charge in [-0.3, -0.25) is 15.0 Å². The molecule has 0 spiro atoms. The zero-order valence-corrected chi connectivity index (χ0v) is 25.9. The molecule has 0 fully saturated rings. The third-order valence-electron chi connectivity index (χ3n) is 6.15. The summed E-state index contributed by atoms with van der Waals surface area (Å²) in [6.45, 7) is 1.15. The smallest absolute Gasteiger partial charge is 0.478 e. The summed E-state index contributed by atoms with van der Waals surface area (Å²) < 4.78 is 11.4. The standard InChI is InChI=1S/C19H15NO.C18H15N2O.Ir/c1-3-8-16(9-4-1)14-15-21-19-13-7-12-18(20-19)17-10-5-2-6-11-17;1-2-7-15(8-3-1)17-10-6-11-18(20-17)21-14-12-16-9-4-5-13-19-16;/h1-8,10,12-13H,14-15H2;1-7,9-11,13H,12,14H2;/q-2;-1;+3. The van der Waals surface area contributed by atoms with Crippen LogP contribution in [-0.4, -0.2) is 28.2 Å². The molecule has 214 valence electrons. The van der Waals surface area contributed by atoms with Crippen LogP contribution in [0.3, 0.4) is 0 Å². The van der Waals surface area contributed by atoms with Gasteiger partial charge >= 0.3 is 20.1 Å². The van der Waals surface area contributed by atoms with Gasteiger partial charge in [0, 0.05) is 18.3 Å². The molecule has 0 bridgehead atoms. The van der Waals surface area contributed by atoms with Crippen LogP contribution in [0.1, 0.15) is 11.3 Å². The molecule has 6 rings (SSSR count). The zero-order valence-electron chi connectivity index (χ0n) is 23.5. The maximum absolute atomic E-state index is 5.73. The molecule has 0 atom stereocenters.